The predicted octanol–water partition coefficient (Wildman–Crippen LogP) is 2.19. The molecule has 2 N–H and O–H groups in total. The van der Waals surface area contributed by atoms with E-state index in [4.69, 9.17) is 10.5 Å². The minimum atomic E-state index is -4.45. The minimum absolute atomic E-state index is 0.223. The Hall–Kier alpha value is -1.27. The first-order valence-electron chi connectivity index (χ1n) is 5.01. The van der Waals surface area contributed by atoms with Gasteiger partial charge in [-0.15, -0.1) is 0 Å². The summed E-state index contributed by atoms with van der Waals surface area (Å²) in [5, 5.41) is 0. The second-order valence-corrected chi connectivity index (χ2v) is 3.42. The third kappa shape index (κ3) is 3.90. The molecular formula is C11H14F3NO2. The largest absolute Gasteiger partial charge is 0.467 e. The molecule has 0 bridgehead atoms. The van der Waals surface area contributed by atoms with E-state index in [0.29, 0.717) is 18.5 Å². The molecule has 0 spiro atoms. The topological polar surface area (TPSA) is 44.5 Å². The molecule has 0 aliphatic heterocycles. The van der Waals surface area contributed by atoms with Gasteiger partial charge >= 0.3 is 6.18 Å². The summed E-state index contributed by atoms with van der Waals surface area (Å²) in [4.78, 5) is 0. The van der Waals surface area contributed by atoms with Gasteiger partial charge in [0.25, 0.3) is 0 Å². The van der Waals surface area contributed by atoms with Crippen LogP contribution in [0.15, 0.2) is 18.2 Å². The summed E-state index contributed by atoms with van der Waals surface area (Å²) >= 11 is 0. The molecule has 1 aromatic rings. The first-order chi connectivity index (χ1) is 7.99. The maximum absolute atomic E-state index is 12.7. The van der Waals surface area contributed by atoms with Crippen LogP contribution < -0.4 is 10.5 Å². The smallest absolute Gasteiger partial charge is 0.419 e. The molecular weight excluding hydrogens is 235 g/mol. The first-order valence-corrected chi connectivity index (χ1v) is 5.01. The fourth-order valence-electron chi connectivity index (χ4n) is 1.37. The van der Waals surface area contributed by atoms with Gasteiger partial charge in [-0.3, -0.25) is 0 Å². The summed E-state index contributed by atoms with van der Waals surface area (Å²) in [6, 6.07) is 3.90. The maximum Gasteiger partial charge on any atom is 0.419 e. The second-order valence-electron chi connectivity index (χ2n) is 3.42. The highest BCUT2D eigenvalue weighted by atomic mass is 19.4. The van der Waals surface area contributed by atoms with Crippen molar-refractivity contribution in [3.05, 3.63) is 29.3 Å². The first kappa shape index (κ1) is 13.8. The Balaban J connectivity index is 3.03. The Labute approximate surface area is 97.3 Å². The van der Waals surface area contributed by atoms with E-state index in [9.17, 15) is 13.2 Å². The summed E-state index contributed by atoms with van der Waals surface area (Å²) in [5.74, 6) is -0.236. The quantitative estimate of drug-likeness (QED) is 0.813. The fraction of sp³-hybridized carbons (Fsp3) is 0.455. The second kappa shape index (κ2) is 5.88. The van der Waals surface area contributed by atoms with Crippen LogP contribution in [0.25, 0.3) is 0 Å². The summed E-state index contributed by atoms with van der Waals surface area (Å²) in [7, 11) is 1.34. The summed E-state index contributed by atoms with van der Waals surface area (Å²) in [6.07, 6.45) is -4.05. The molecule has 3 nitrogen and oxygen atoms in total. The predicted molar refractivity (Wildman–Crippen MR) is 56.7 cm³/mol. The molecule has 0 saturated heterocycles. The van der Waals surface area contributed by atoms with Gasteiger partial charge in [-0.25, -0.2) is 0 Å². The van der Waals surface area contributed by atoms with Crippen molar-refractivity contribution in [1.82, 2.24) is 0 Å². The normalized spacial score (nSPS) is 11.6. The molecule has 6 heteroatoms. The number of ether oxygens (including phenoxy) is 2. The standard InChI is InChI=1S/C11H14F3NO2/c1-16-7-17-10-3-2-8(4-5-15)6-9(10)11(12,13)14/h2-3,6H,4-5,7,15H2,1H3. The van der Waals surface area contributed by atoms with Crippen molar-refractivity contribution in [3.8, 4) is 5.75 Å². The van der Waals surface area contributed by atoms with Crippen molar-refractivity contribution in [3.63, 3.8) is 0 Å². The number of halogens is 3. The van der Waals surface area contributed by atoms with E-state index in [-0.39, 0.29) is 12.5 Å². The van der Waals surface area contributed by atoms with E-state index < -0.39 is 11.7 Å². The lowest BCUT2D eigenvalue weighted by molar-refractivity contribution is -0.139. The Bertz CT molecular complexity index is 366. The van der Waals surface area contributed by atoms with Crippen LogP contribution in [0.2, 0.25) is 0 Å². The average molecular weight is 249 g/mol. The number of benzene rings is 1. The van der Waals surface area contributed by atoms with Crippen molar-refractivity contribution >= 4 is 0 Å². The molecule has 0 aromatic heterocycles. The number of rotatable bonds is 5. The lowest BCUT2D eigenvalue weighted by Gasteiger charge is -2.14. The Morgan fingerprint density at radius 3 is 2.53 bits per heavy atom. The van der Waals surface area contributed by atoms with Crippen LogP contribution in [-0.4, -0.2) is 20.4 Å². The van der Waals surface area contributed by atoms with Crippen molar-refractivity contribution in [2.75, 3.05) is 20.4 Å². The Kier molecular flexibility index (Phi) is 4.77. The molecule has 1 aromatic carbocycles. The van der Waals surface area contributed by atoms with Crippen LogP contribution in [0.1, 0.15) is 11.1 Å². The zero-order valence-corrected chi connectivity index (χ0v) is 9.38. The molecule has 0 unspecified atom stereocenters. The molecule has 0 atom stereocenters. The van der Waals surface area contributed by atoms with Gasteiger partial charge in [-0.1, -0.05) is 6.07 Å². The summed E-state index contributed by atoms with van der Waals surface area (Å²) in [5.41, 5.74) is 5.03. The summed E-state index contributed by atoms with van der Waals surface area (Å²) < 4.78 is 47.7. The highest BCUT2D eigenvalue weighted by Crippen LogP contribution is 2.36. The minimum Gasteiger partial charge on any atom is -0.467 e. The third-order valence-electron chi connectivity index (χ3n) is 2.11. The molecule has 1 rings (SSSR count). The molecule has 96 valence electrons. The molecule has 0 aliphatic carbocycles. The Morgan fingerprint density at radius 2 is 2.00 bits per heavy atom. The monoisotopic (exact) mass is 249 g/mol. The van der Waals surface area contributed by atoms with Gasteiger partial charge in [0.15, 0.2) is 6.79 Å². The van der Waals surface area contributed by atoms with Crippen molar-refractivity contribution in [1.29, 1.82) is 0 Å². The van der Waals surface area contributed by atoms with Gasteiger partial charge in [0, 0.05) is 7.11 Å². The van der Waals surface area contributed by atoms with Gasteiger partial charge in [-0.2, -0.15) is 13.2 Å². The number of methoxy groups -OCH3 is 1. The van der Waals surface area contributed by atoms with Gasteiger partial charge in [0.2, 0.25) is 0 Å². The fourth-order valence-corrected chi connectivity index (χ4v) is 1.37. The van der Waals surface area contributed by atoms with Crippen LogP contribution in [-0.2, 0) is 17.3 Å². The van der Waals surface area contributed by atoms with Crippen LogP contribution in [0.5, 0.6) is 5.75 Å². The van der Waals surface area contributed by atoms with Gasteiger partial charge in [0.05, 0.1) is 5.56 Å². The molecule has 0 fully saturated rings. The van der Waals surface area contributed by atoms with E-state index in [1.807, 2.05) is 0 Å². The van der Waals surface area contributed by atoms with Gasteiger partial charge in [0.1, 0.15) is 5.75 Å². The molecule has 0 radical (unpaired) electrons. The maximum atomic E-state index is 12.7. The van der Waals surface area contributed by atoms with Crippen LogP contribution in [0, 0.1) is 0 Å². The van der Waals surface area contributed by atoms with E-state index in [1.165, 1.54) is 13.2 Å². The van der Waals surface area contributed by atoms with E-state index in [1.54, 1.807) is 6.07 Å². The number of alkyl halides is 3. The van der Waals surface area contributed by atoms with E-state index in [0.717, 1.165) is 6.07 Å². The highest BCUT2D eigenvalue weighted by molar-refractivity contribution is 5.39. The zero-order chi connectivity index (χ0) is 12.9. The average Bonchev–Trinajstić information content (AvgIpc) is 2.26. The molecule has 17 heavy (non-hydrogen) atoms. The summed E-state index contributed by atoms with van der Waals surface area (Å²) in [6.45, 7) is 0.0783. The number of nitrogens with two attached hydrogens (primary N) is 1. The molecule has 0 saturated carbocycles. The highest BCUT2D eigenvalue weighted by Gasteiger charge is 2.34. The van der Waals surface area contributed by atoms with Crippen molar-refractivity contribution in [2.45, 2.75) is 12.6 Å². The molecule has 0 aliphatic rings. The third-order valence-corrected chi connectivity index (χ3v) is 2.11. The van der Waals surface area contributed by atoms with Gasteiger partial charge in [-0.05, 0) is 30.7 Å². The molecule has 0 heterocycles. The lowest BCUT2D eigenvalue weighted by atomic mass is 10.1. The van der Waals surface area contributed by atoms with Crippen molar-refractivity contribution < 1.29 is 22.6 Å². The zero-order valence-electron chi connectivity index (χ0n) is 9.38. The van der Waals surface area contributed by atoms with Gasteiger partial charge < -0.3 is 15.2 Å². The van der Waals surface area contributed by atoms with Crippen LogP contribution in [0.4, 0.5) is 13.2 Å². The van der Waals surface area contributed by atoms with E-state index in [2.05, 4.69) is 4.74 Å². The lowest BCUT2D eigenvalue weighted by Crippen LogP contribution is -2.11. The van der Waals surface area contributed by atoms with Crippen LogP contribution in [0.3, 0.4) is 0 Å². The van der Waals surface area contributed by atoms with Crippen LogP contribution >= 0.6 is 0 Å². The van der Waals surface area contributed by atoms with E-state index >= 15 is 0 Å². The number of hydrogen-bond acceptors (Lipinski definition) is 3. The molecule has 0 amide bonds. The number of hydrogen-bond donors (Lipinski definition) is 1. The Morgan fingerprint density at radius 1 is 1.29 bits per heavy atom. The SMILES string of the molecule is COCOc1ccc(CCN)cc1C(F)(F)F. The van der Waals surface area contributed by atoms with Crippen molar-refractivity contribution in [2.24, 2.45) is 5.73 Å².